The van der Waals surface area contributed by atoms with Crippen molar-refractivity contribution in [3.05, 3.63) is 65.2 Å². The van der Waals surface area contributed by atoms with Gasteiger partial charge in [0.25, 0.3) is 0 Å². The first-order valence-corrected chi connectivity index (χ1v) is 9.55. The van der Waals surface area contributed by atoms with Crippen LogP contribution in [-0.4, -0.2) is 28.7 Å². The third kappa shape index (κ3) is 7.84. The number of phenolic OH excluding ortho intramolecular Hbond substituents is 1. The molecule has 31 heavy (non-hydrogen) atoms. The predicted molar refractivity (Wildman–Crippen MR) is 108 cm³/mol. The molecule has 0 aliphatic rings. The molecule has 2 aromatic rings. The van der Waals surface area contributed by atoms with E-state index in [0.717, 1.165) is 6.07 Å². The monoisotopic (exact) mass is 438 g/mol. The van der Waals surface area contributed by atoms with Crippen molar-refractivity contribution in [2.45, 2.75) is 51.6 Å². The van der Waals surface area contributed by atoms with Crippen LogP contribution in [0.15, 0.2) is 48.5 Å². The number of halogens is 3. The minimum absolute atomic E-state index is 0.0358. The SMILES string of the molecule is CC(C)(C)OC(=O)N[C@@H](Cc1ccc(O)cc1)C(=O)NCc1ccccc1C(F)(F)F. The number of aromatic hydroxyl groups is 1. The molecule has 6 nitrogen and oxygen atoms in total. The fourth-order valence-corrected chi connectivity index (χ4v) is 2.78. The Morgan fingerprint density at radius 1 is 1.03 bits per heavy atom. The first-order chi connectivity index (χ1) is 14.3. The average Bonchev–Trinajstić information content (AvgIpc) is 2.65. The van der Waals surface area contributed by atoms with Crippen LogP contribution in [0.25, 0.3) is 0 Å². The van der Waals surface area contributed by atoms with Crippen LogP contribution in [-0.2, 0) is 28.7 Å². The summed E-state index contributed by atoms with van der Waals surface area (Å²) in [6.07, 6.45) is -5.34. The Morgan fingerprint density at radius 3 is 2.23 bits per heavy atom. The van der Waals surface area contributed by atoms with Crippen molar-refractivity contribution in [2.75, 3.05) is 0 Å². The Labute approximate surface area is 178 Å². The van der Waals surface area contributed by atoms with Gasteiger partial charge < -0.3 is 20.5 Å². The lowest BCUT2D eigenvalue weighted by atomic mass is 10.0. The van der Waals surface area contributed by atoms with Gasteiger partial charge in [-0.25, -0.2) is 4.79 Å². The summed E-state index contributed by atoms with van der Waals surface area (Å²) in [4.78, 5) is 24.9. The van der Waals surface area contributed by atoms with Gasteiger partial charge in [0.2, 0.25) is 5.91 Å². The van der Waals surface area contributed by atoms with Crippen LogP contribution in [0.3, 0.4) is 0 Å². The van der Waals surface area contributed by atoms with Crippen LogP contribution < -0.4 is 10.6 Å². The van der Waals surface area contributed by atoms with Gasteiger partial charge in [-0.3, -0.25) is 4.79 Å². The Kier molecular flexibility index (Phi) is 7.54. The Hall–Kier alpha value is -3.23. The van der Waals surface area contributed by atoms with Crippen molar-refractivity contribution < 1.29 is 32.6 Å². The van der Waals surface area contributed by atoms with Crippen molar-refractivity contribution in [3.8, 4) is 5.75 Å². The number of hydrogen-bond acceptors (Lipinski definition) is 4. The van der Waals surface area contributed by atoms with Crippen molar-refractivity contribution in [3.63, 3.8) is 0 Å². The number of nitrogens with one attached hydrogen (secondary N) is 2. The van der Waals surface area contributed by atoms with Gasteiger partial charge >= 0.3 is 12.3 Å². The Balaban J connectivity index is 2.15. The highest BCUT2D eigenvalue weighted by Gasteiger charge is 2.33. The molecule has 0 saturated heterocycles. The molecule has 0 aliphatic carbocycles. The second-order valence-corrected chi connectivity index (χ2v) is 7.94. The van der Waals surface area contributed by atoms with Gasteiger partial charge in [-0.2, -0.15) is 13.2 Å². The fraction of sp³-hybridized carbons (Fsp3) is 0.364. The van der Waals surface area contributed by atoms with E-state index in [4.69, 9.17) is 4.74 Å². The smallest absolute Gasteiger partial charge is 0.416 e. The van der Waals surface area contributed by atoms with Gasteiger partial charge in [-0.15, -0.1) is 0 Å². The zero-order valence-electron chi connectivity index (χ0n) is 17.4. The quantitative estimate of drug-likeness (QED) is 0.632. The lowest BCUT2D eigenvalue weighted by Gasteiger charge is -2.23. The molecule has 0 bridgehead atoms. The van der Waals surface area contributed by atoms with Crippen LogP contribution in [0.5, 0.6) is 5.75 Å². The molecule has 0 aromatic heterocycles. The summed E-state index contributed by atoms with van der Waals surface area (Å²) in [5, 5.41) is 14.3. The maximum Gasteiger partial charge on any atom is 0.416 e. The molecule has 0 spiro atoms. The third-order valence-electron chi connectivity index (χ3n) is 4.16. The lowest BCUT2D eigenvalue weighted by Crippen LogP contribution is -2.49. The fourth-order valence-electron chi connectivity index (χ4n) is 2.78. The Morgan fingerprint density at radius 2 is 1.65 bits per heavy atom. The number of amides is 2. The van der Waals surface area contributed by atoms with Gasteiger partial charge in [0.15, 0.2) is 0 Å². The van der Waals surface area contributed by atoms with E-state index in [1.807, 2.05) is 0 Å². The number of hydrogen-bond donors (Lipinski definition) is 3. The average molecular weight is 438 g/mol. The summed E-state index contributed by atoms with van der Waals surface area (Å²) in [5.74, 6) is -0.635. The van der Waals surface area contributed by atoms with Gasteiger partial charge in [0.05, 0.1) is 5.56 Å². The van der Waals surface area contributed by atoms with E-state index in [9.17, 15) is 27.9 Å². The highest BCUT2D eigenvalue weighted by atomic mass is 19.4. The van der Waals surface area contributed by atoms with E-state index in [2.05, 4.69) is 10.6 Å². The molecule has 2 amide bonds. The van der Waals surface area contributed by atoms with Crippen LogP contribution in [0.1, 0.15) is 37.5 Å². The highest BCUT2D eigenvalue weighted by molar-refractivity contribution is 5.86. The minimum atomic E-state index is -4.55. The van der Waals surface area contributed by atoms with Crippen molar-refractivity contribution in [1.82, 2.24) is 10.6 Å². The van der Waals surface area contributed by atoms with Gasteiger partial charge in [0.1, 0.15) is 17.4 Å². The summed E-state index contributed by atoms with van der Waals surface area (Å²) >= 11 is 0. The van der Waals surface area contributed by atoms with E-state index in [0.29, 0.717) is 5.56 Å². The standard InChI is InChI=1S/C22H25F3N2O4/c1-21(2,3)31-20(30)27-18(12-14-8-10-16(28)11-9-14)19(29)26-13-15-6-4-5-7-17(15)22(23,24)25/h4-11,18,28H,12-13H2,1-3H3,(H,26,29)(H,27,30)/t18-/m0/s1. The summed E-state index contributed by atoms with van der Waals surface area (Å²) < 4.78 is 44.7. The second-order valence-electron chi connectivity index (χ2n) is 7.94. The molecule has 9 heteroatoms. The molecule has 0 radical (unpaired) electrons. The largest absolute Gasteiger partial charge is 0.508 e. The van der Waals surface area contributed by atoms with Crippen molar-refractivity contribution >= 4 is 12.0 Å². The molecule has 0 saturated carbocycles. The number of rotatable bonds is 6. The summed E-state index contributed by atoms with van der Waals surface area (Å²) in [6, 6.07) is 9.84. The van der Waals surface area contributed by atoms with E-state index >= 15 is 0 Å². The maximum absolute atomic E-state index is 13.2. The summed E-state index contributed by atoms with van der Waals surface area (Å²) in [6.45, 7) is 4.62. The number of benzene rings is 2. The molecule has 3 N–H and O–H groups in total. The molecule has 1 atom stereocenters. The molecule has 0 fully saturated rings. The number of ether oxygens (including phenoxy) is 1. The molecule has 0 unspecified atom stereocenters. The van der Waals surface area contributed by atoms with Gasteiger partial charge in [0, 0.05) is 13.0 Å². The van der Waals surface area contributed by atoms with E-state index in [1.165, 1.54) is 30.3 Å². The first-order valence-electron chi connectivity index (χ1n) is 9.55. The number of carbonyl (C=O) groups is 2. The van der Waals surface area contributed by atoms with E-state index in [-0.39, 0.29) is 24.3 Å². The normalized spacial score (nSPS) is 12.7. The van der Waals surface area contributed by atoms with Crippen LogP contribution in [0.4, 0.5) is 18.0 Å². The highest BCUT2D eigenvalue weighted by Crippen LogP contribution is 2.31. The minimum Gasteiger partial charge on any atom is -0.508 e. The number of alkyl carbamates (subject to hydrolysis) is 1. The third-order valence-corrected chi connectivity index (χ3v) is 4.16. The molecule has 2 aromatic carbocycles. The maximum atomic E-state index is 13.2. The zero-order valence-corrected chi connectivity index (χ0v) is 17.4. The van der Waals surface area contributed by atoms with E-state index in [1.54, 1.807) is 32.9 Å². The molecule has 0 aliphatic heterocycles. The van der Waals surface area contributed by atoms with Gasteiger partial charge in [-0.1, -0.05) is 30.3 Å². The van der Waals surface area contributed by atoms with Crippen LogP contribution in [0, 0.1) is 0 Å². The number of carbonyl (C=O) groups excluding carboxylic acids is 2. The first kappa shape index (κ1) is 24.0. The lowest BCUT2D eigenvalue weighted by molar-refractivity contribution is -0.138. The Bertz CT molecular complexity index is 906. The molecule has 0 heterocycles. The second kappa shape index (κ2) is 9.72. The van der Waals surface area contributed by atoms with Crippen molar-refractivity contribution in [1.29, 1.82) is 0 Å². The summed E-state index contributed by atoms with van der Waals surface area (Å²) in [7, 11) is 0. The van der Waals surface area contributed by atoms with Gasteiger partial charge in [-0.05, 0) is 50.1 Å². The van der Waals surface area contributed by atoms with Crippen LogP contribution >= 0.6 is 0 Å². The van der Waals surface area contributed by atoms with Crippen LogP contribution in [0.2, 0.25) is 0 Å². The molecular formula is C22H25F3N2O4. The molecular weight excluding hydrogens is 413 g/mol. The molecule has 2 rings (SSSR count). The van der Waals surface area contributed by atoms with E-state index < -0.39 is 35.4 Å². The number of phenols is 1. The predicted octanol–water partition coefficient (Wildman–Crippen LogP) is 4.16. The zero-order chi connectivity index (χ0) is 23.2. The number of alkyl halides is 3. The van der Waals surface area contributed by atoms with Crippen molar-refractivity contribution in [2.24, 2.45) is 0 Å². The topological polar surface area (TPSA) is 87.7 Å². The molecule has 168 valence electrons. The summed E-state index contributed by atoms with van der Waals surface area (Å²) in [5.41, 5.74) is -1.10.